The molecule has 5 nitrogen and oxygen atoms in total. The van der Waals surface area contributed by atoms with Gasteiger partial charge in [-0.05, 0) is 41.3 Å². The molecule has 2 N–H and O–H groups in total. The molecule has 0 saturated heterocycles. The first-order chi connectivity index (χ1) is 14.8. The molecule has 0 aliphatic heterocycles. The Morgan fingerprint density at radius 2 is 1.65 bits per heavy atom. The quantitative estimate of drug-likeness (QED) is 0.454. The van der Waals surface area contributed by atoms with Crippen molar-refractivity contribution in [2.75, 3.05) is 6.61 Å². The molecule has 0 aromatic heterocycles. The fourth-order valence-electron chi connectivity index (χ4n) is 3.97. The largest absolute Gasteiger partial charge is 0.479 e. The number of carbonyl (C=O) groups is 2. The van der Waals surface area contributed by atoms with E-state index in [2.05, 4.69) is 21.2 Å². The molecule has 1 aliphatic rings. The van der Waals surface area contributed by atoms with E-state index in [0.29, 0.717) is 4.47 Å². The Labute approximate surface area is 193 Å². The second-order valence-corrected chi connectivity index (χ2v) is 8.83. The van der Waals surface area contributed by atoms with Crippen molar-refractivity contribution in [2.24, 2.45) is 0 Å². The molecule has 4 rings (SSSR count). The van der Waals surface area contributed by atoms with Gasteiger partial charge >= 0.3 is 12.1 Å². The number of carbonyl (C=O) groups excluding carboxylic acids is 1. The summed E-state index contributed by atoms with van der Waals surface area (Å²) >= 11 is 9.55. The Morgan fingerprint density at radius 1 is 1.06 bits per heavy atom. The van der Waals surface area contributed by atoms with Crippen LogP contribution in [0.2, 0.25) is 5.02 Å². The van der Waals surface area contributed by atoms with Gasteiger partial charge in [-0.3, -0.25) is 0 Å². The van der Waals surface area contributed by atoms with Crippen molar-refractivity contribution in [2.45, 2.75) is 18.4 Å². The van der Waals surface area contributed by atoms with Crippen LogP contribution >= 0.6 is 27.5 Å². The summed E-state index contributed by atoms with van der Waals surface area (Å²) in [5.41, 5.74) is 2.90. The second kappa shape index (κ2) is 8.36. The van der Waals surface area contributed by atoms with Gasteiger partial charge in [0.05, 0.1) is 0 Å². The van der Waals surface area contributed by atoms with Crippen LogP contribution in [0.3, 0.4) is 0 Å². The maximum atomic E-state index is 12.6. The van der Waals surface area contributed by atoms with Crippen molar-refractivity contribution in [1.82, 2.24) is 5.32 Å². The zero-order chi connectivity index (χ0) is 22.2. The van der Waals surface area contributed by atoms with E-state index in [0.717, 1.165) is 22.3 Å². The number of rotatable bonds is 5. The summed E-state index contributed by atoms with van der Waals surface area (Å²) in [6, 6.07) is 20.8. The number of amides is 1. The topological polar surface area (TPSA) is 75.6 Å². The van der Waals surface area contributed by atoms with Crippen LogP contribution in [0.25, 0.3) is 11.1 Å². The Balaban J connectivity index is 1.54. The highest BCUT2D eigenvalue weighted by atomic mass is 79.9. The number of hydrogen-bond donors (Lipinski definition) is 2. The van der Waals surface area contributed by atoms with Gasteiger partial charge in [0.25, 0.3) is 0 Å². The molecule has 31 heavy (non-hydrogen) atoms. The van der Waals surface area contributed by atoms with Crippen LogP contribution in [-0.4, -0.2) is 23.8 Å². The van der Waals surface area contributed by atoms with Gasteiger partial charge in [0.1, 0.15) is 6.61 Å². The second-order valence-electron chi connectivity index (χ2n) is 7.50. The third kappa shape index (κ3) is 3.93. The first kappa shape index (κ1) is 21.4. The number of carboxylic acids is 1. The number of alkyl carbamates (subject to hydrolysis) is 1. The number of hydrogen-bond acceptors (Lipinski definition) is 3. The lowest BCUT2D eigenvalue weighted by Gasteiger charge is -2.27. The Hall–Kier alpha value is -2.83. The van der Waals surface area contributed by atoms with Crippen LogP contribution in [0.1, 0.15) is 29.5 Å². The van der Waals surface area contributed by atoms with Crippen molar-refractivity contribution in [3.8, 4) is 11.1 Å². The van der Waals surface area contributed by atoms with Gasteiger partial charge in [-0.25, -0.2) is 9.59 Å². The molecule has 158 valence electrons. The molecule has 1 aliphatic carbocycles. The van der Waals surface area contributed by atoms with Crippen LogP contribution < -0.4 is 5.32 Å². The van der Waals surface area contributed by atoms with E-state index >= 15 is 0 Å². The monoisotopic (exact) mass is 499 g/mol. The molecule has 0 bridgehead atoms. The van der Waals surface area contributed by atoms with Crippen molar-refractivity contribution < 1.29 is 19.4 Å². The summed E-state index contributed by atoms with van der Waals surface area (Å²) in [7, 11) is 0. The van der Waals surface area contributed by atoms with E-state index in [1.807, 2.05) is 48.5 Å². The zero-order valence-electron chi connectivity index (χ0n) is 16.6. The molecule has 0 radical (unpaired) electrons. The van der Waals surface area contributed by atoms with Gasteiger partial charge in [0, 0.05) is 21.0 Å². The summed E-state index contributed by atoms with van der Waals surface area (Å²) in [5.74, 6) is -1.37. The van der Waals surface area contributed by atoms with Crippen LogP contribution in [0.15, 0.2) is 71.2 Å². The lowest BCUT2D eigenvalue weighted by Crippen LogP contribution is -2.50. The lowest BCUT2D eigenvalue weighted by molar-refractivity contribution is -0.144. The third-order valence-corrected chi connectivity index (χ3v) is 6.40. The number of aliphatic carboxylic acids is 1. The number of halogens is 2. The lowest BCUT2D eigenvalue weighted by atomic mass is 9.92. The van der Waals surface area contributed by atoms with Gasteiger partial charge < -0.3 is 15.2 Å². The molecule has 3 aromatic carbocycles. The van der Waals surface area contributed by atoms with Gasteiger partial charge in [-0.15, -0.1) is 0 Å². The summed E-state index contributed by atoms with van der Waals surface area (Å²) in [6.45, 7) is 1.47. The first-order valence-corrected chi connectivity index (χ1v) is 10.8. The minimum Gasteiger partial charge on any atom is -0.479 e. The first-order valence-electron chi connectivity index (χ1n) is 9.63. The van der Waals surface area contributed by atoms with Gasteiger partial charge in [0.2, 0.25) is 0 Å². The molecule has 1 amide bonds. The number of benzene rings is 3. The molecule has 0 heterocycles. The predicted molar refractivity (Wildman–Crippen MR) is 122 cm³/mol. The van der Waals surface area contributed by atoms with Crippen molar-refractivity contribution in [1.29, 1.82) is 0 Å². The molecule has 3 aromatic rings. The van der Waals surface area contributed by atoms with Gasteiger partial charge in [-0.2, -0.15) is 0 Å². The molecular weight excluding hydrogens is 482 g/mol. The minimum atomic E-state index is -1.75. The van der Waals surface area contributed by atoms with Crippen molar-refractivity contribution in [3.05, 3.63) is 92.9 Å². The normalized spacial score (nSPS) is 14.3. The number of carboxylic acid groups (broad SMARTS) is 1. The van der Waals surface area contributed by atoms with E-state index in [-0.39, 0.29) is 23.1 Å². The molecular formula is C24H19BrClNO4. The summed E-state index contributed by atoms with van der Waals surface area (Å²) in [6.07, 6.45) is -0.828. The average molecular weight is 501 g/mol. The third-order valence-electron chi connectivity index (χ3n) is 5.59. The average Bonchev–Trinajstić information content (AvgIpc) is 3.06. The molecule has 0 spiro atoms. The SMILES string of the molecule is CC(NC(=O)OCC1c2ccccc2-c2ccccc21)(C(=O)O)c1ccc(Br)cc1Cl. The number of fused-ring (bicyclic) bond motifs is 3. The highest BCUT2D eigenvalue weighted by molar-refractivity contribution is 9.10. The number of nitrogens with one attached hydrogen (secondary N) is 1. The molecule has 0 saturated carbocycles. The summed E-state index contributed by atoms with van der Waals surface area (Å²) in [4.78, 5) is 24.7. The van der Waals surface area contributed by atoms with Crippen LogP contribution in [0, 0.1) is 0 Å². The Kier molecular flexibility index (Phi) is 5.77. The number of ether oxygens (including phenoxy) is 1. The Bertz CT molecular complexity index is 1140. The van der Waals surface area contributed by atoms with Crippen LogP contribution in [-0.2, 0) is 15.1 Å². The fraction of sp³-hybridized carbons (Fsp3) is 0.167. The van der Waals surface area contributed by atoms with E-state index in [4.69, 9.17) is 16.3 Å². The Morgan fingerprint density at radius 3 is 2.19 bits per heavy atom. The van der Waals surface area contributed by atoms with Gasteiger partial charge in [0.15, 0.2) is 5.54 Å². The van der Waals surface area contributed by atoms with Crippen LogP contribution in [0.4, 0.5) is 4.79 Å². The molecule has 0 fully saturated rings. The van der Waals surface area contributed by atoms with Crippen LogP contribution in [0.5, 0.6) is 0 Å². The smallest absolute Gasteiger partial charge is 0.408 e. The van der Waals surface area contributed by atoms with E-state index in [1.54, 1.807) is 18.2 Å². The van der Waals surface area contributed by atoms with E-state index in [9.17, 15) is 14.7 Å². The predicted octanol–water partition coefficient (Wildman–Crippen LogP) is 5.94. The highest BCUT2D eigenvalue weighted by Crippen LogP contribution is 2.44. The fourth-order valence-corrected chi connectivity index (χ4v) is 4.83. The van der Waals surface area contributed by atoms with Gasteiger partial charge in [-0.1, -0.05) is 82.1 Å². The summed E-state index contributed by atoms with van der Waals surface area (Å²) in [5, 5.41) is 12.5. The molecule has 1 atom stereocenters. The minimum absolute atomic E-state index is 0.0869. The maximum absolute atomic E-state index is 12.6. The summed E-state index contributed by atoms with van der Waals surface area (Å²) < 4.78 is 6.21. The standard InChI is InChI=1S/C24H19BrClNO4/c1-24(22(28)29,20-11-10-14(25)12-21(20)26)27-23(30)31-13-19-17-8-4-2-6-15(17)16-7-3-5-9-18(16)19/h2-12,19H,13H2,1H3,(H,27,30)(H,28,29). The van der Waals surface area contributed by atoms with E-state index < -0.39 is 17.6 Å². The molecule has 7 heteroatoms. The van der Waals surface area contributed by atoms with Crippen molar-refractivity contribution in [3.63, 3.8) is 0 Å². The molecule has 1 unspecified atom stereocenters. The van der Waals surface area contributed by atoms with Crippen molar-refractivity contribution >= 4 is 39.6 Å². The maximum Gasteiger partial charge on any atom is 0.408 e. The van der Waals surface area contributed by atoms with E-state index in [1.165, 1.54) is 6.92 Å². The zero-order valence-corrected chi connectivity index (χ0v) is 18.9. The highest BCUT2D eigenvalue weighted by Gasteiger charge is 2.39.